The van der Waals surface area contributed by atoms with Crippen LogP contribution in [0.15, 0.2) is 39.5 Å². The minimum absolute atomic E-state index is 0.0466. The van der Waals surface area contributed by atoms with E-state index >= 15 is 0 Å². The third kappa shape index (κ3) is 2.74. The fraction of sp³-hybridized carbons (Fsp3) is 0.444. The second-order valence-electron chi connectivity index (χ2n) is 6.87. The van der Waals surface area contributed by atoms with E-state index in [9.17, 15) is 9.59 Å². The van der Waals surface area contributed by atoms with E-state index in [0.29, 0.717) is 11.3 Å². The average molecular weight is 346 g/mol. The van der Waals surface area contributed by atoms with Crippen LogP contribution in [0.2, 0.25) is 0 Å². The molecule has 0 spiro atoms. The highest BCUT2D eigenvalue weighted by molar-refractivity contribution is 5.77. The van der Waals surface area contributed by atoms with Crippen LogP contribution in [0.5, 0.6) is 5.75 Å². The Hall–Kier alpha value is -2.54. The van der Waals surface area contributed by atoms with E-state index in [1.54, 1.807) is 24.3 Å². The molecule has 4 rings (SSSR count). The van der Waals surface area contributed by atoms with Gasteiger partial charge in [0.1, 0.15) is 11.3 Å². The first-order valence-corrected chi connectivity index (χ1v) is 8.09. The topological polar surface area (TPSA) is 84.2 Å². The Morgan fingerprint density at radius 1 is 1.04 bits per heavy atom. The second-order valence-corrected chi connectivity index (χ2v) is 6.87. The van der Waals surface area contributed by atoms with Crippen LogP contribution in [-0.2, 0) is 14.2 Å². The van der Waals surface area contributed by atoms with Gasteiger partial charge < -0.3 is 23.4 Å². The van der Waals surface area contributed by atoms with E-state index in [2.05, 4.69) is 0 Å². The highest BCUT2D eigenvalue weighted by Gasteiger charge is 2.56. The Labute approximate surface area is 143 Å². The van der Waals surface area contributed by atoms with Gasteiger partial charge in [0, 0.05) is 17.4 Å². The molecule has 2 fully saturated rings. The first-order valence-electron chi connectivity index (χ1n) is 8.09. The van der Waals surface area contributed by atoms with E-state index in [1.807, 2.05) is 20.8 Å². The van der Waals surface area contributed by atoms with Crippen LogP contribution in [0.4, 0.5) is 4.79 Å². The molecule has 0 aliphatic carbocycles. The third-order valence-corrected chi connectivity index (χ3v) is 4.91. The molecule has 1 aromatic heterocycles. The van der Waals surface area contributed by atoms with Crippen LogP contribution in [0.3, 0.4) is 0 Å². The minimum atomic E-state index is -0.796. The Balaban J connectivity index is 1.63. The van der Waals surface area contributed by atoms with Crippen molar-refractivity contribution in [3.05, 3.63) is 40.8 Å². The number of hydrogen-bond donors (Lipinski definition) is 0. The van der Waals surface area contributed by atoms with Gasteiger partial charge in [0.25, 0.3) is 0 Å². The van der Waals surface area contributed by atoms with Gasteiger partial charge in [-0.1, -0.05) is 6.92 Å². The minimum Gasteiger partial charge on any atom is -0.461 e. The summed E-state index contributed by atoms with van der Waals surface area (Å²) in [6.07, 6.45) is -2.58. The Morgan fingerprint density at radius 3 is 2.60 bits per heavy atom. The summed E-state index contributed by atoms with van der Waals surface area (Å²) in [6, 6.07) is 8.06. The molecule has 0 amide bonds. The Morgan fingerprint density at radius 2 is 1.80 bits per heavy atom. The molecule has 0 radical (unpaired) electrons. The predicted octanol–water partition coefficient (Wildman–Crippen LogP) is 2.85. The molecule has 0 saturated carbocycles. The number of carbonyl (C=O) groups is 1. The van der Waals surface area contributed by atoms with Gasteiger partial charge in [-0.15, -0.1) is 0 Å². The summed E-state index contributed by atoms with van der Waals surface area (Å²) in [5.41, 5.74) is -0.499. The summed E-state index contributed by atoms with van der Waals surface area (Å²) in [5, 5.41) is 0.719. The first-order chi connectivity index (χ1) is 11.8. The summed E-state index contributed by atoms with van der Waals surface area (Å²) in [5.74, 6) is 0.466. The maximum absolute atomic E-state index is 11.6. The highest BCUT2D eigenvalue weighted by Crippen LogP contribution is 2.40. The van der Waals surface area contributed by atoms with Crippen LogP contribution >= 0.6 is 0 Å². The summed E-state index contributed by atoms with van der Waals surface area (Å²) >= 11 is 0. The highest BCUT2D eigenvalue weighted by atomic mass is 16.8. The molecule has 0 bridgehead atoms. The lowest BCUT2D eigenvalue weighted by Crippen LogP contribution is -2.58. The molecule has 2 saturated heterocycles. The van der Waals surface area contributed by atoms with Crippen molar-refractivity contribution in [2.24, 2.45) is 5.92 Å². The quantitative estimate of drug-likeness (QED) is 0.610. The third-order valence-electron chi connectivity index (χ3n) is 4.91. The van der Waals surface area contributed by atoms with Gasteiger partial charge in [0.05, 0.1) is 5.60 Å². The zero-order chi connectivity index (χ0) is 17.8. The van der Waals surface area contributed by atoms with Crippen LogP contribution in [0, 0.1) is 5.92 Å². The molecule has 2 aromatic rings. The van der Waals surface area contributed by atoms with Crippen molar-refractivity contribution in [1.82, 2.24) is 0 Å². The Kier molecular flexibility index (Phi) is 3.50. The standard InChI is InChI=1S/C18H18O7/c1-9-14-15(24-17(20)23-14)16(25-18(9,2)3)21-11-5-6-12-10(8-11)4-7-13(19)22-12/h4-9,14-16H,1-3H3/t9-,14-,15+,16?/m1/s1. The summed E-state index contributed by atoms with van der Waals surface area (Å²) in [7, 11) is 0. The molecular formula is C18H18O7. The summed E-state index contributed by atoms with van der Waals surface area (Å²) in [4.78, 5) is 22.8. The summed E-state index contributed by atoms with van der Waals surface area (Å²) in [6.45, 7) is 5.80. The lowest BCUT2D eigenvalue weighted by Gasteiger charge is -2.44. The zero-order valence-corrected chi connectivity index (χ0v) is 14.1. The largest absolute Gasteiger partial charge is 0.509 e. The lowest BCUT2D eigenvalue weighted by atomic mass is 9.82. The van der Waals surface area contributed by atoms with Gasteiger partial charge >= 0.3 is 11.8 Å². The molecular weight excluding hydrogens is 328 g/mol. The maximum Gasteiger partial charge on any atom is 0.509 e. The van der Waals surface area contributed by atoms with Crippen LogP contribution < -0.4 is 10.4 Å². The molecule has 0 N–H and O–H groups in total. The zero-order valence-electron chi connectivity index (χ0n) is 14.1. The predicted molar refractivity (Wildman–Crippen MR) is 86.4 cm³/mol. The second kappa shape index (κ2) is 5.49. The number of fused-ring (bicyclic) bond motifs is 2. The average Bonchev–Trinajstić information content (AvgIpc) is 2.94. The van der Waals surface area contributed by atoms with Crippen molar-refractivity contribution in [3.8, 4) is 5.75 Å². The van der Waals surface area contributed by atoms with Gasteiger partial charge in [-0.2, -0.15) is 0 Å². The van der Waals surface area contributed by atoms with Gasteiger partial charge in [0.15, 0.2) is 6.10 Å². The van der Waals surface area contributed by atoms with Crippen molar-refractivity contribution in [3.63, 3.8) is 0 Å². The van der Waals surface area contributed by atoms with Gasteiger partial charge in [0.2, 0.25) is 12.4 Å². The van der Waals surface area contributed by atoms with Crippen LogP contribution in [0.1, 0.15) is 20.8 Å². The number of carbonyl (C=O) groups excluding carboxylic acids is 1. The molecule has 2 aliphatic heterocycles. The molecule has 4 atom stereocenters. The van der Waals surface area contributed by atoms with E-state index in [-0.39, 0.29) is 5.92 Å². The van der Waals surface area contributed by atoms with Gasteiger partial charge in [-0.05, 0) is 38.1 Å². The van der Waals surface area contributed by atoms with E-state index in [4.69, 9.17) is 23.4 Å². The molecule has 25 heavy (non-hydrogen) atoms. The number of ether oxygens (including phenoxy) is 4. The van der Waals surface area contributed by atoms with Crippen molar-refractivity contribution < 1.29 is 28.2 Å². The number of benzene rings is 1. The van der Waals surface area contributed by atoms with Gasteiger partial charge in [-0.25, -0.2) is 9.59 Å². The molecule has 3 heterocycles. The number of rotatable bonds is 2. The molecule has 7 heteroatoms. The normalized spacial score (nSPS) is 30.4. The molecule has 1 aromatic carbocycles. The van der Waals surface area contributed by atoms with Crippen LogP contribution in [0.25, 0.3) is 11.0 Å². The van der Waals surface area contributed by atoms with Crippen molar-refractivity contribution >= 4 is 17.1 Å². The SMILES string of the molecule is C[C@@H]1[C@H]2OC(=O)O[C@@H]2C(Oc2ccc3oc(=O)ccc3c2)OC1(C)C. The van der Waals surface area contributed by atoms with Gasteiger partial charge in [-0.3, -0.25) is 0 Å². The van der Waals surface area contributed by atoms with Crippen molar-refractivity contribution in [1.29, 1.82) is 0 Å². The maximum atomic E-state index is 11.6. The first kappa shape index (κ1) is 16.0. The Bertz CT molecular complexity index is 884. The fourth-order valence-electron chi connectivity index (χ4n) is 3.20. The van der Waals surface area contributed by atoms with Crippen LogP contribution in [-0.4, -0.2) is 30.3 Å². The lowest BCUT2D eigenvalue weighted by molar-refractivity contribution is -0.260. The number of hydrogen-bond acceptors (Lipinski definition) is 7. The molecule has 7 nitrogen and oxygen atoms in total. The summed E-state index contributed by atoms with van der Waals surface area (Å²) < 4.78 is 27.6. The van der Waals surface area contributed by atoms with E-state index in [0.717, 1.165) is 5.39 Å². The van der Waals surface area contributed by atoms with Crippen molar-refractivity contribution in [2.75, 3.05) is 0 Å². The smallest absolute Gasteiger partial charge is 0.461 e. The molecule has 132 valence electrons. The monoisotopic (exact) mass is 346 g/mol. The van der Waals surface area contributed by atoms with Crippen molar-refractivity contribution in [2.45, 2.75) is 44.9 Å². The molecule has 1 unspecified atom stereocenters. The van der Waals surface area contributed by atoms with E-state index < -0.39 is 35.9 Å². The fourth-order valence-corrected chi connectivity index (χ4v) is 3.20. The van der Waals surface area contributed by atoms with E-state index in [1.165, 1.54) is 6.07 Å². The molecule has 2 aliphatic rings.